The first-order valence-corrected chi connectivity index (χ1v) is 10.5. The van der Waals surface area contributed by atoms with Crippen LogP contribution in [0.3, 0.4) is 0 Å². The number of thiophene rings is 1. The Morgan fingerprint density at radius 1 is 1.19 bits per heavy atom. The Morgan fingerprint density at radius 3 is 2.70 bits per heavy atom. The van der Waals surface area contributed by atoms with Gasteiger partial charge in [-0.25, -0.2) is 14.4 Å². The molecule has 0 aliphatic carbocycles. The molecule has 0 radical (unpaired) electrons. The molecule has 1 aliphatic heterocycles. The molecule has 0 spiro atoms. The first-order chi connectivity index (χ1) is 13.2. The minimum Gasteiger partial charge on any atom is -0.369 e. The monoisotopic (exact) mass is 384 g/mol. The largest absolute Gasteiger partial charge is 0.369 e. The van der Waals surface area contributed by atoms with Gasteiger partial charge in [0, 0.05) is 18.0 Å². The lowest BCUT2D eigenvalue weighted by molar-refractivity contribution is 0.182. The van der Waals surface area contributed by atoms with Crippen molar-refractivity contribution in [2.24, 2.45) is 5.92 Å². The fourth-order valence-electron chi connectivity index (χ4n) is 3.66. The Hall–Kier alpha value is -2.05. The van der Waals surface area contributed by atoms with Crippen LogP contribution in [0.1, 0.15) is 30.2 Å². The molecule has 4 nitrogen and oxygen atoms in total. The van der Waals surface area contributed by atoms with Crippen molar-refractivity contribution in [2.45, 2.75) is 32.7 Å². The number of nitrogens with zero attached hydrogens (tertiary/aromatic N) is 3. The number of aryl methyl sites for hydroxylation is 1. The predicted octanol–water partition coefficient (Wildman–Crippen LogP) is 4.72. The summed E-state index contributed by atoms with van der Waals surface area (Å²) in [7, 11) is 0. The number of rotatable bonds is 6. The van der Waals surface area contributed by atoms with E-state index in [1.807, 2.05) is 12.1 Å². The first kappa shape index (κ1) is 18.3. The minimum atomic E-state index is -0.168. The summed E-state index contributed by atoms with van der Waals surface area (Å²) in [6.45, 7) is 6.20. The zero-order valence-electron chi connectivity index (χ0n) is 15.6. The number of fused-ring (bicyclic) bond motifs is 1. The highest BCUT2D eigenvalue weighted by atomic mass is 32.1. The molecule has 1 saturated heterocycles. The quantitative estimate of drug-likeness (QED) is 0.668. The second-order valence-corrected chi connectivity index (χ2v) is 8.35. The summed E-state index contributed by atoms with van der Waals surface area (Å²) in [6, 6.07) is 9.07. The van der Waals surface area contributed by atoms with Crippen LogP contribution >= 0.6 is 11.3 Å². The van der Waals surface area contributed by atoms with Crippen LogP contribution in [0.25, 0.3) is 10.2 Å². The molecule has 0 amide bonds. The summed E-state index contributed by atoms with van der Waals surface area (Å²) in [6.07, 6.45) is 5.04. The smallest absolute Gasteiger partial charge is 0.138 e. The fourth-order valence-corrected chi connectivity index (χ4v) is 4.59. The van der Waals surface area contributed by atoms with Crippen molar-refractivity contribution in [2.75, 3.05) is 25.0 Å². The Kier molecular flexibility index (Phi) is 5.64. The molecular weight excluding hydrogens is 359 g/mol. The number of nitrogens with one attached hydrogen (secondary N) is 1. The standard InChI is InChI=1S/C21H25FN4S/c1-2-18-11-19-20(24-14-25-21(19)27-18)23-12-15-7-9-26(10-8-15)13-16-3-5-17(22)6-4-16/h3-6,11,14-15H,2,7-10,12-13H2,1H3,(H,23,24,25). The molecule has 1 aliphatic rings. The van der Waals surface area contributed by atoms with Crippen molar-refractivity contribution >= 4 is 27.4 Å². The molecule has 2 aromatic heterocycles. The summed E-state index contributed by atoms with van der Waals surface area (Å²) in [5.74, 6) is 1.45. The number of piperidine rings is 1. The number of halogens is 1. The van der Waals surface area contributed by atoms with Crippen LogP contribution < -0.4 is 5.32 Å². The van der Waals surface area contributed by atoms with Crippen LogP contribution in [0, 0.1) is 11.7 Å². The average molecular weight is 385 g/mol. The SMILES string of the molecule is CCc1cc2c(NCC3CCN(Cc4ccc(F)cc4)CC3)ncnc2s1. The lowest BCUT2D eigenvalue weighted by atomic mass is 9.96. The number of aromatic nitrogens is 2. The lowest BCUT2D eigenvalue weighted by Crippen LogP contribution is -2.35. The van der Waals surface area contributed by atoms with Crippen LogP contribution in [0.5, 0.6) is 0 Å². The molecule has 3 aromatic rings. The van der Waals surface area contributed by atoms with Crippen molar-refractivity contribution in [1.82, 2.24) is 14.9 Å². The Morgan fingerprint density at radius 2 is 1.96 bits per heavy atom. The normalized spacial score (nSPS) is 16.1. The van der Waals surface area contributed by atoms with E-state index in [4.69, 9.17) is 0 Å². The van der Waals surface area contributed by atoms with Crippen LogP contribution in [0.2, 0.25) is 0 Å². The fraction of sp³-hybridized carbons (Fsp3) is 0.429. The van der Waals surface area contributed by atoms with E-state index in [1.54, 1.807) is 29.8 Å². The molecule has 27 heavy (non-hydrogen) atoms. The van der Waals surface area contributed by atoms with E-state index in [0.717, 1.165) is 48.6 Å². The Bertz CT molecular complexity index is 885. The van der Waals surface area contributed by atoms with Crippen LogP contribution in [0.4, 0.5) is 10.2 Å². The molecule has 142 valence electrons. The highest BCUT2D eigenvalue weighted by Gasteiger charge is 2.19. The highest BCUT2D eigenvalue weighted by molar-refractivity contribution is 7.18. The van der Waals surface area contributed by atoms with Crippen molar-refractivity contribution in [3.05, 3.63) is 52.9 Å². The van der Waals surface area contributed by atoms with E-state index in [2.05, 4.69) is 33.2 Å². The van der Waals surface area contributed by atoms with Crippen LogP contribution in [-0.4, -0.2) is 34.5 Å². The van der Waals surface area contributed by atoms with Gasteiger partial charge in [-0.3, -0.25) is 4.90 Å². The second-order valence-electron chi connectivity index (χ2n) is 7.23. The van der Waals surface area contributed by atoms with Crippen LogP contribution in [-0.2, 0) is 13.0 Å². The third-order valence-electron chi connectivity index (χ3n) is 5.31. The van der Waals surface area contributed by atoms with E-state index in [-0.39, 0.29) is 5.82 Å². The average Bonchev–Trinajstić information content (AvgIpc) is 3.13. The maximum Gasteiger partial charge on any atom is 0.138 e. The molecule has 4 rings (SSSR count). The Labute approximate surface area is 163 Å². The van der Waals surface area contributed by atoms with Gasteiger partial charge in [-0.1, -0.05) is 19.1 Å². The summed E-state index contributed by atoms with van der Waals surface area (Å²) < 4.78 is 13.0. The van der Waals surface area contributed by atoms with E-state index in [9.17, 15) is 4.39 Å². The molecule has 1 fully saturated rings. The van der Waals surface area contributed by atoms with Gasteiger partial charge >= 0.3 is 0 Å². The molecule has 1 N–H and O–H groups in total. The minimum absolute atomic E-state index is 0.168. The summed E-state index contributed by atoms with van der Waals surface area (Å²) >= 11 is 1.75. The van der Waals surface area contributed by atoms with Gasteiger partial charge in [0.2, 0.25) is 0 Å². The molecule has 6 heteroatoms. The number of benzene rings is 1. The van der Waals surface area contributed by atoms with Crippen LogP contribution in [0.15, 0.2) is 36.7 Å². The second kappa shape index (κ2) is 8.31. The zero-order chi connectivity index (χ0) is 18.6. The molecule has 0 atom stereocenters. The van der Waals surface area contributed by atoms with Gasteiger partial charge < -0.3 is 5.32 Å². The van der Waals surface area contributed by atoms with Crippen molar-refractivity contribution in [3.63, 3.8) is 0 Å². The van der Waals surface area contributed by atoms with Gasteiger partial charge in [-0.15, -0.1) is 11.3 Å². The number of hydrogen-bond donors (Lipinski definition) is 1. The third kappa shape index (κ3) is 4.45. The predicted molar refractivity (Wildman–Crippen MR) is 110 cm³/mol. The summed E-state index contributed by atoms with van der Waals surface area (Å²) in [4.78, 5) is 13.7. The van der Waals surface area contributed by atoms with Gasteiger partial charge in [0.1, 0.15) is 22.8 Å². The van der Waals surface area contributed by atoms with Crippen molar-refractivity contribution < 1.29 is 4.39 Å². The van der Waals surface area contributed by atoms with Gasteiger partial charge in [0.05, 0.1) is 5.39 Å². The molecule has 0 unspecified atom stereocenters. The van der Waals surface area contributed by atoms with Gasteiger partial charge in [-0.2, -0.15) is 0 Å². The van der Waals surface area contributed by atoms with E-state index in [1.165, 1.54) is 23.3 Å². The van der Waals surface area contributed by atoms with Gasteiger partial charge in [0.15, 0.2) is 0 Å². The highest BCUT2D eigenvalue weighted by Crippen LogP contribution is 2.29. The van der Waals surface area contributed by atoms with Crippen molar-refractivity contribution in [1.29, 1.82) is 0 Å². The molecule has 0 bridgehead atoms. The zero-order valence-corrected chi connectivity index (χ0v) is 16.4. The topological polar surface area (TPSA) is 41.0 Å². The maximum absolute atomic E-state index is 13.0. The van der Waals surface area contributed by atoms with E-state index >= 15 is 0 Å². The molecule has 1 aromatic carbocycles. The van der Waals surface area contributed by atoms with E-state index < -0.39 is 0 Å². The Balaban J connectivity index is 1.29. The molecule has 3 heterocycles. The number of anilines is 1. The maximum atomic E-state index is 13.0. The lowest BCUT2D eigenvalue weighted by Gasteiger charge is -2.32. The van der Waals surface area contributed by atoms with Gasteiger partial charge in [0.25, 0.3) is 0 Å². The number of hydrogen-bond acceptors (Lipinski definition) is 5. The first-order valence-electron chi connectivity index (χ1n) is 9.65. The van der Waals surface area contributed by atoms with Crippen molar-refractivity contribution in [3.8, 4) is 0 Å². The third-order valence-corrected chi connectivity index (χ3v) is 6.50. The number of likely N-dealkylation sites (tertiary alicyclic amines) is 1. The molecular formula is C21H25FN4S. The van der Waals surface area contributed by atoms with E-state index in [0.29, 0.717) is 5.92 Å². The summed E-state index contributed by atoms with van der Waals surface area (Å²) in [5.41, 5.74) is 1.18. The summed E-state index contributed by atoms with van der Waals surface area (Å²) in [5, 5.41) is 4.71. The van der Waals surface area contributed by atoms with Gasteiger partial charge in [-0.05, 0) is 62.0 Å². The molecule has 0 saturated carbocycles.